The van der Waals surface area contributed by atoms with E-state index in [9.17, 15) is 9.18 Å². The average Bonchev–Trinajstić information content (AvgIpc) is 2.45. The van der Waals surface area contributed by atoms with E-state index in [1.807, 2.05) is 20.8 Å². The molecule has 0 radical (unpaired) electrons. The van der Waals surface area contributed by atoms with Crippen molar-refractivity contribution in [2.75, 3.05) is 13.1 Å². The number of ether oxygens (including phenoxy) is 1. The van der Waals surface area contributed by atoms with Gasteiger partial charge in [-0.05, 0) is 51.2 Å². The number of hydrogen-bond donors (Lipinski definition) is 1. The molecule has 0 saturated carbocycles. The lowest BCUT2D eigenvalue weighted by atomic mass is 9.90. The number of piperidine rings is 1. The Kier molecular flexibility index (Phi) is 5.01. The highest BCUT2D eigenvalue weighted by Gasteiger charge is 2.27. The highest BCUT2D eigenvalue weighted by Crippen LogP contribution is 2.29. The summed E-state index contributed by atoms with van der Waals surface area (Å²) in [6.45, 7) is 6.30. The molecule has 5 nitrogen and oxygen atoms in total. The Morgan fingerprint density at radius 2 is 2.09 bits per heavy atom. The van der Waals surface area contributed by atoms with Crippen molar-refractivity contribution >= 4 is 6.09 Å². The number of carbonyl (C=O) groups excluding carboxylic acids is 1. The molecule has 2 heterocycles. The Morgan fingerprint density at radius 1 is 1.45 bits per heavy atom. The number of amides is 1. The third kappa shape index (κ3) is 4.16. The van der Waals surface area contributed by atoms with Crippen molar-refractivity contribution in [2.45, 2.75) is 51.7 Å². The fourth-order valence-electron chi connectivity index (χ4n) is 2.54. The number of carbonyl (C=O) groups is 1. The Morgan fingerprint density at radius 3 is 2.59 bits per heavy atom. The van der Waals surface area contributed by atoms with Crippen LogP contribution in [0.4, 0.5) is 9.18 Å². The smallest absolute Gasteiger partial charge is 0.410 e. The Labute approximate surface area is 130 Å². The zero-order chi connectivity index (χ0) is 16.3. The van der Waals surface area contributed by atoms with E-state index in [0.29, 0.717) is 13.1 Å². The predicted molar refractivity (Wildman–Crippen MR) is 79.9 cm³/mol. The lowest BCUT2D eigenvalue weighted by Gasteiger charge is -2.33. The third-order valence-electron chi connectivity index (χ3n) is 3.71. The summed E-state index contributed by atoms with van der Waals surface area (Å²) in [6.07, 6.45) is 2.81. The first-order valence-electron chi connectivity index (χ1n) is 7.53. The van der Waals surface area contributed by atoms with E-state index < -0.39 is 18.0 Å². The summed E-state index contributed by atoms with van der Waals surface area (Å²) < 4.78 is 19.0. The van der Waals surface area contributed by atoms with Crippen LogP contribution in [0.15, 0.2) is 12.3 Å². The fourth-order valence-corrected chi connectivity index (χ4v) is 2.54. The van der Waals surface area contributed by atoms with Gasteiger partial charge in [-0.2, -0.15) is 0 Å². The third-order valence-corrected chi connectivity index (χ3v) is 3.71. The van der Waals surface area contributed by atoms with E-state index in [-0.39, 0.29) is 17.7 Å². The normalized spacial score (nSPS) is 16.7. The molecule has 1 aliphatic rings. The molecule has 1 aromatic rings. The SMILES string of the molecule is CC(C)(C)OC(=O)N1CCC(c2cnc(CO)c(F)c2)CC1. The van der Waals surface area contributed by atoms with E-state index in [4.69, 9.17) is 9.84 Å². The number of hydrogen-bond acceptors (Lipinski definition) is 4. The van der Waals surface area contributed by atoms with Gasteiger partial charge in [0.15, 0.2) is 0 Å². The Bertz CT molecular complexity index is 535. The Hall–Kier alpha value is -1.69. The number of nitrogens with zero attached hydrogens (tertiary/aromatic N) is 2. The number of rotatable bonds is 2. The van der Waals surface area contributed by atoms with E-state index in [1.165, 1.54) is 6.07 Å². The van der Waals surface area contributed by atoms with Crippen molar-refractivity contribution < 1.29 is 19.0 Å². The summed E-state index contributed by atoms with van der Waals surface area (Å²) in [4.78, 5) is 17.6. The summed E-state index contributed by atoms with van der Waals surface area (Å²) >= 11 is 0. The van der Waals surface area contributed by atoms with Gasteiger partial charge >= 0.3 is 6.09 Å². The van der Waals surface area contributed by atoms with Crippen molar-refractivity contribution in [3.8, 4) is 0 Å². The van der Waals surface area contributed by atoms with Gasteiger partial charge in [-0.1, -0.05) is 0 Å². The molecule has 122 valence electrons. The van der Waals surface area contributed by atoms with Gasteiger partial charge in [0, 0.05) is 19.3 Å². The number of aliphatic hydroxyl groups excluding tert-OH is 1. The maximum absolute atomic E-state index is 13.7. The molecule has 1 amide bonds. The first kappa shape index (κ1) is 16.7. The fraction of sp³-hybridized carbons (Fsp3) is 0.625. The molecule has 0 bridgehead atoms. The minimum absolute atomic E-state index is 0.0648. The van der Waals surface area contributed by atoms with Crippen molar-refractivity contribution in [3.63, 3.8) is 0 Å². The molecule has 1 N–H and O–H groups in total. The van der Waals surface area contributed by atoms with Gasteiger partial charge in [0.25, 0.3) is 0 Å². The van der Waals surface area contributed by atoms with E-state index >= 15 is 0 Å². The van der Waals surface area contributed by atoms with Crippen LogP contribution in [0.3, 0.4) is 0 Å². The predicted octanol–water partition coefficient (Wildman–Crippen LogP) is 2.83. The zero-order valence-electron chi connectivity index (χ0n) is 13.3. The molecule has 6 heteroatoms. The van der Waals surface area contributed by atoms with Crippen LogP contribution in [-0.2, 0) is 11.3 Å². The van der Waals surface area contributed by atoms with Gasteiger partial charge in [-0.25, -0.2) is 9.18 Å². The molecule has 0 spiro atoms. The first-order valence-corrected chi connectivity index (χ1v) is 7.53. The molecular weight excluding hydrogens is 287 g/mol. The molecule has 0 aromatic carbocycles. The molecule has 1 aliphatic heterocycles. The molecule has 0 atom stereocenters. The van der Waals surface area contributed by atoms with Gasteiger partial charge in [0.1, 0.15) is 17.1 Å². The maximum atomic E-state index is 13.7. The number of aromatic nitrogens is 1. The van der Waals surface area contributed by atoms with Crippen LogP contribution in [0.1, 0.15) is 50.8 Å². The number of aliphatic hydroxyl groups is 1. The monoisotopic (exact) mass is 310 g/mol. The molecule has 0 aliphatic carbocycles. The average molecular weight is 310 g/mol. The summed E-state index contributed by atoms with van der Waals surface area (Å²) in [6, 6.07) is 1.44. The largest absolute Gasteiger partial charge is 0.444 e. The standard InChI is InChI=1S/C16H23FN2O3/c1-16(2,3)22-15(21)19-6-4-11(5-7-19)12-8-13(17)14(10-20)18-9-12/h8-9,11,20H,4-7,10H2,1-3H3. The number of halogens is 1. The van der Waals surface area contributed by atoms with E-state index in [1.54, 1.807) is 11.1 Å². The summed E-state index contributed by atoms with van der Waals surface area (Å²) in [7, 11) is 0. The van der Waals surface area contributed by atoms with Crippen molar-refractivity contribution in [1.29, 1.82) is 0 Å². The van der Waals surface area contributed by atoms with Gasteiger partial charge in [-0.15, -0.1) is 0 Å². The number of pyridine rings is 1. The van der Waals surface area contributed by atoms with Gasteiger partial charge in [0.05, 0.1) is 6.61 Å². The zero-order valence-corrected chi connectivity index (χ0v) is 13.3. The first-order chi connectivity index (χ1) is 10.3. The van der Waals surface area contributed by atoms with Crippen molar-refractivity contribution in [3.05, 3.63) is 29.3 Å². The van der Waals surface area contributed by atoms with Crippen LogP contribution in [-0.4, -0.2) is 39.8 Å². The number of likely N-dealkylation sites (tertiary alicyclic amines) is 1. The second-order valence-electron chi connectivity index (χ2n) is 6.60. The van der Waals surface area contributed by atoms with Crippen LogP contribution in [0.2, 0.25) is 0 Å². The van der Waals surface area contributed by atoms with Crippen LogP contribution >= 0.6 is 0 Å². The lowest BCUT2D eigenvalue weighted by Crippen LogP contribution is -2.41. The van der Waals surface area contributed by atoms with Crippen LogP contribution in [0.25, 0.3) is 0 Å². The molecule has 1 saturated heterocycles. The topological polar surface area (TPSA) is 62.7 Å². The molecule has 1 fully saturated rings. The minimum Gasteiger partial charge on any atom is -0.444 e. The quantitative estimate of drug-likeness (QED) is 0.912. The van der Waals surface area contributed by atoms with E-state index in [2.05, 4.69) is 4.98 Å². The maximum Gasteiger partial charge on any atom is 0.410 e. The summed E-state index contributed by atoms with van der Waals surface area (Å²) in [5.74, 6) is -0.303. The van der Waals surface area contributed by atoms with Gasteiger partial charge in [-0.3, -0.25) is 4.98 Å². The molecule has 2 rings (SSSR count). The highest BCUT2D eigenvalue weighted by molar-refractivity contribution is 5.68. The molecule has 22 heavy (non-hydrogen) atoms. The lowest BCUT2D eigenvalue weighted by molar-refractivity contribution is 0.0204. The van der Waals surface area contributed by atoms with Crippen LogP contribution in [0, 0.1) is 5.82 Å². The Balaban J connectivity index is 1.94. The summed E-state index contributed by atoms with van der Waals surface area (Å²) in [5.41, 5.74) is 0.384. The van der Waals surface area contributed by atoms with Crippen molar-refractivity contribution in [1.82, 2.24) is 9.88 Å². The molecule has 1 aromatic heterocycles. The second-order valence-corrected chi connectivity index (χ2v) is 6.60. The second kappa shape index (κ2) is 6.60. The van der Waals surface area contributed by atoms with Crippen molar-refractivity contribution in [2.24, 2.45) is 0 Å². The van der Waals surface area contributed by atoms with Gasteiger partial charge < -0.3 is 14.7 Å². The molecule has 0 unspecified atom stereocenters. The van der Waals surface area contributed by atoms with E-state index in [0.717, 1.165) is 18.4 Å². The molecular formula is C16H23FN2O3. The van der Waals surface area contributed by atoms with Gasteiger partial charge in [0.2, 0.25) is 0 Å². The summed E-state index contributed by atoms with van der Waals surface area (Å²) in [5, 5.41) is 8.95. The minimum atomic E-state index is -0.499. The highest BCUT2D eigenvalue weighted by atomic mass is 19.1. The van der Waals surface area contributed by atoms with Crippen LogP contribution < -0.4 is 0 Å². The van der Waals surface area contributed by atoms with Crippen LogP contribution in [0.5, 0.6) is 0 Å².